The van der Waals surface area contributed by atoms with Crippen molar-refractivity contribution in [2.24, 2.45) is 4.99 Å². The molecule has 0 spiro atoms. The number of aromatic amines is 1. The van der Waals surface area contributed by atoms with Crippen molar-refractivity contribution in [3.8, 4) is 0 Å². The maximum absolute atomic E-state index is 4.73. The van der Waals surface area contributed by atoms with Gasteiger partial charge in [0.1, 0.15) is 5.65 Å². The molecule has 0 aliphatic carbocycles. The summed E-state index contributed by atoms with van der Waals surface area (Å²) in [7, 11) is 1.80. The standard InChI is InChI=1S/C23H28N6/c1-16-6-4-8-20-18(14-27-21(16)20)9-11-25-23(24-3)26-12-10-19-15-29-13-5-7-17(2)22(29)28-19/h4-8,13-15,27H,9-12H2,1-3H3,(H2,24,25,26). The topological polar surface area (TPSA) is 69.5 Å². The van der Waals surface area contributed by atoms with Gasteiger partial charge in [0.05, 0.1) is 5.69 Å². The average molecular weight is 389 g/mol. The second kappa shape index (κ2) is 8.39. The van der Waals surface area contributed by atoms with E-state index in [1.807, 2.05) is 12.3 Å². The Hall–Kier alpha value is -3.28. The fourth-order valence-electron chi connectivity index (χ4n) is 3.74. The van der Waals surface area contributed by atoms with Crippen molar-refractivity contribution in [2.45, 2.75) is 26.7 Å². The van der Waals surface area contributed by atoms with Gasteiger partial charge in [-0.05, 0) is 43.0 Å². The van der Waals surface area contributed by atoms with E-state index in [1.54, 1.807) is 7.05 Å². The number of pyridine rings is 1. The molecule has 0 saturated heterocycles. The van der Waals surface area contributed by atoms with E-state index < -0.39 is 0 Å². The van der Waals surface area contributed by atoms with Crippen LogP contribution in [0.4, 0.5) is 0 Å². The molecule has 6 nitrogen and oxygen atoms in total. The molecular formula is C23H28N6. The molecule has 3 heterocycles. The number of nitrogens with one attached hydrogen (secondary N) is 3. The summed E-state index contributed by atoms with van der Waals surface area (Å²) in [6.45, 7) is 5.84. The third-order valence-electron chi connectivity index (χ3n) is 5.32. The quantitative estimate of drug-likeness (QED) is 0.350. The first-order chi connectivity index (χ1) is 14.2. The van der Waals surface area contributed by atoms with Gasteiger partial charge in [-0.2, -0.15) is 0 Å². The van der Waals surface area contributed by atoms with Crippen molar-refractivity contribution in [1.82, 2.24) is 25.0 Å². The van der Waals surface area contributed by atoms with Crippen LogP contribution in [0.15, 0.2) is 53.9 Å². The van der Waals surface area contributed by atoms with Gasteiger partial charge in [0.25, 0.3) is 0 Å². The first kappa shape index (κ1) is 19.1. The number of guanidine groups is 1. The van der Waals surface area contributed by atoms with Crippen LogP contribution in [0.1, 0.15) is 22.4 Å². The molecule has 0 saturated carbocycles. The number of rotatable bonds is 6. The number of hydrogen-bond donors (Lipinski definition) is 3. The smallest absolute Gasteiger partial charge is 0.190 e. The van der Waals surface area contributed by atoms with Crippen molar-refractivity contribution in [1.29, 1.82) is 0 Å². The van der Waals surface area contributed by atoms with E-state index in [0.717, 1.165) is 43.2 Å². The Balaban J connectivity index is 1.28. The highest BCUT2D eigenvalue weighted by Crippen LogP contribution is 2.21. The summed E-state index contributed by atoms with van der Waals surface area (Å²) in [6.07, 6.45) is 8.04. The molecule has 0 amide bonds. The molecule has 6 heteroatoms. The third kappa shape index (κ3) is 4.11. The summed E-state index contributed by atoms with van der Waals surface area (Å²) in [5.41, 5.74) is 7.13. The Morgan fingerprint density at radius 3 is 2.66 bits per heavy atom. The fourth-order valence-corrected chi connectivity index (χ4v) is 3.74. The molecule has 150 valence electrons. The molecule has 4 rings (SSSR count). The average Bonchev–Trinajstić information content (AvgIpc) is 3.32. The lowest BCUT2D eigenvalue weighted by molar-refractivity contribution is 0.779. The third-order valence-corrected chi connectivity index (χ3v) is 5.32. The Kier molecular flexibility index (Phi) is 5.51. The molecule has 3 aromatic heterocycles. The zero-order valence-electron chi connectivity index (χ0n) is 17.3. The molecule has 29 heavy (non-hydrogen) atoms. The van der Waals surface area contributed by atoms with Crippen molar-refractivity contribution in [3.63, 3.8) is 0 Å². The number of para-hydroxylation sites is 1. The van der Waals surface area contributed by atoms with Crippen LogP contribution in [0.25, 0.3) is 16.6 Å². The second-order valence-corrected chi connectivity index (χ2v) is 7.39. The molecular weight excluding hydrogens is 360 g/mol. The lowest BCUT2D eigenvalue weighted by Gasteiger charge is -2.11. The minimum absolute atomic E-state index is 0.787. The predicted molar refractivity (Wildman–Crippen MR) is 120 cm³/mol. The number of fused-ring (bicyclic) bond motifs is 2. The largest absolute Gasteiger partial charge is 0.361 e. The molecule has 0 aliphatic heterocycles. The Labute approximate surface area is 171 Å². The molecule has 4 aromatic rings. The predicted octanol–water partition coefficient (Wildman–Crippen LogP) is 3.38. The number of nitrogens with zero attached hydrogens (tertiary/aromatic N) is 3. The highest BCUT2D eigenvalue weighted by Gasteiger charge is 2.07. The van der Waals surface area contributed by atoms with Gasteiger partial charge in [0, 0.05) is 56.1 Å². The lowest BCUT2D eigenvalue weighted by atomic mass is 10.1. The summed E-state index contributed by atoms with van der Waals surface area (Å²) in [6, 6.07) is 10.6. The van der Waals surface area contributed by atoms with Crippen LogP contribution in [0.3, 0.4) is 0 Å². The van der Waals surface area contributed by atoms with E-state index in [2.05, 4.69) is 75.5 Å². The summed E-state index contributed by atoms with van der Waals surface area (Å²) in [5.74, 6) is 0.820. The van der Waals surface area contributed by atoms with Crippen LogP contribution in [0.5, 0.6) is 0 Å². The summed E-state index contributed by atoms with van der Waals surface area (Å²) < 4.78 is 2.08. The van der Waals surface area contributed by atoms with Crippen LogP contribution >= 0.6 is 0 Å². The maximum atomic E-state index is 4.73. The number of H-pyrrole nitrogens is 1. The van der Waals surface area contributed by atoms with E-state index in [-0.39, 0.29) is 0 Å². The van der Waals surface area contributed by atoms with Crippen LogP contribution in [-0.4, -0.2) is 40.5 Å². The molecule has 0 bridgehead atoms. The molecule has 1 aromatic carbocycles. The van der Waals surface area contributed by atoms with E-state index in [1.165, 1.54) is 27.6 Å². The molecule has 0 unspecified atom stereocenters. The Morgan fingerprint density at radius 2 is 1.86 bits per heavy atom. The fraction of sp³-hybridized carbons (Fsp3) is 0.304. The number of hydrogen-bond acceptors (Lipinski definition) is 2. The van der Waals surface area contributed by atoms with E-state index >= 15 is 0 Å². The molecule has 0 atom stereocenters. The minimum Gasteiger partial charge on any atom is -0.361 e. The van der Waals surface area contributed by atoms with Gasteiger partial charge in [0.2, 0.25) is 0 Å². The Bertz CT molecular complexity index is 1150. The highest BCUT2D eigenvalue weighted by molar-refractivity contribution is 5.86. The highest BCUT2D eigenvalue weighted by atomic mass is 15.2. The van der Waals surface area contributed by atoms with E-state index in [0.29, 0.717) is 0 Å². The first-order valence-corrected chi connectivity index (χ1v) is 10.1. The number of aromatic nitrogens is 3. The number of imidazole rings is 1. The van der Waals surface area contributed by atoms with Gasteiger partial charge < -0.3 is 20.0 Å². The van der Waals surface area contributed by atoms with Gasteiger partial charge in [-0.25, -0.2) is 4.98 Å². The van der Waals surface area contributed by atoms with Crippen LogP contribution in [0.2, 0.25) is 0 Å². The lowest BCUT2D eigenvalue weighted by Crippen LogP contribution is -2.39. The first-order valence-electron chi connectivity index (χ1n) is 10.1. The van der Waals surface area contributed by atoms with Crippen molar-refractivity contribution in [3.05, 3.63) is 71.3 Å². The van der Waals surface area contributed by atoms with Crippen LogP contribution in [-0.2, 0) is 12.8 Å². The number of aryl methyl sites for hydroxylation is 2. The summed E-state index contributed by atoms with van der Waals surface area (Å²) >= 11 is 0. The Morgan fingerprint density at radius 1 is 1.07 bits per heavy atom. The van der Waals surface area contributed by atoms with Crippen molar-refractivity contribution < 1.29 is 0 Å². The van der Waals surface area contributed by atoms with Gasteiger partial charge >= 0.3 is 0 Å². The van der Waals surface area contributed by atoms with Gasteiger partial charge in [-0.3, -0.25) is 4.99 Å². The maximum Gasteiger partial charge on any atom is 0.190 e. The zero-order valence-corrected chi connectivity index (χ0v) is 17.3. The molecule has 0 fully saturated rings. The van der Waals surface area contributed by atoms with E-state index in [4.69, 9.17) is 4.98 Å². The van der Waals surface area contributed by atoms with Crippen molar-refractivity contribution in [2.75, 3.05) is 20.1 Å². The van der Waals surface area contributed by atoms with Crippen LogP contribution in [0, 0.1) is 13.8 Å². The van der Waals surface area contributed by atoms with Crippen LogP contribution < -0.4 is 10.6 Å². The minimum atomic E-state index is 0.787. The summed E-state index contributed by atoms with van der Waals surface area (Å²) in [4.78, 5) is 12.5. The SMILES string of the molecule is CN=C(NCCc1cn2cccc(C)c2n1)NCCc1c[nH]c2c(C)cccc12. The molecule has 0 aliphatic rings. The zero-order chi connectivity index (χ0) is 20.2. The normalized spacial score (nSPS) is 12.0. The second-order valence-electron chi connectivity index (χ2n) is 7.39. The van der Waals surface area contributed by atoms with Gasteiger partial charge in [-0.1, -0.05) is 24.3 Å². The number of benzene rings is 1. The summed E-state index contributed by atoms with van der Waals surface area (Å²) in [5, 5.41) is 8.10. The molecule has 3 N–H and O–H groups in total. The number of aliphatic imine (C=N–C) groups is 1. The van der Waals surface area contributed by atoms with Crippen molar-refractivity contribution >= 4 is 22.5 Å². The van der Waals surface area contributed by atoms with Gasteiger partial charge in [0.15, 0.2) is 5.96 Å². The van der Waals surface area contributed by atoms with Gasteiger partial charge in [-0.15, -0.1) is 0 Å². The molecule has 0 radical (unpaired) electrons. The monoisotopic (exact) mass is 388 g/mol. The van der Waals surface area contributed by atoms with E-state index in [9.17, 15) is 0 Å².